The van der Waals surface area contributed by atoms with E-state index in [-0.39, 0.29) is 17.6 Å². The minimum Gasteiger partial charge on any atom is -0.493 e. The Morgan fingerprint density at radius 1 is 1.23 bits per heavy atom. The fraction of sp³-hybridized carbons (Fsp3) is 0.522. The van der Waals surface area contributed by atoms with Crippen LogP contribution in [0, 0.1) is 0 Å². The van der Waals surface area contributed by atoms with Crippen molar-refractivity contribution in [3.63, 3.8) is 0 Å². The first-order valence-electron chi connectivity index (χ1n) is 10.6. The summed E-state index contributed by atoms with van der Waals surface area (Å²) in [5.41, 5.74) is 0.943. The first-order valence-corrected chi connectivity index (χ1v) is 11.0. The molecule has 2 fully saturated rings. The number of rotatable bonds is 7. The molecule has 1 spiro atoms. The van der Waals surface area contributed by atoms with Crippen molar-refractivity contribution in [1.29, 1.82) is 0 Å². The molecule has 2 saturated heterocycles. The first-order chi connectivity index (χ1) is 15.0. The van der Waals surface area contributed by atoms with Crippen molar-refractivity contribution >= 4 is 17.5 Å². The Morgan fingerprint density at radius 2 is 2.03 bits per heavy atom. The van der Waals surface area contributed by atoms with Gasteiger partial charge in [-0.1, -0.05) is 17.7 Å². The quantitative estimate of drug-likeness (QED) is 0.692. The molecule has 1 N–H and O–H groups in total. The Hall–Kier alpha value is -2.22. The third-order valence-corrected chi connectivity index (χ3v) is 6.71. The molecular weight excluding hydrogens is 420 g/mol. The second-order valence-electron chi connectivity index (χ2n) is 8.20. The molecule has 0 radical (unpaired) electrons. The van der Waals surface area contributed by atoms with Gasteiger partial charge < -0.3 is 23.9 Å². The summed E-state index contributed by atoms with van der Waals surface area (Å²) in [5.74, 6) is 1.35. The van der Waals surface area contributed by atoms with Crippen LogP contribution in [0.5, 0.6) is 11.5 Å². The van der Waals surface area contributed by atoms with Crippen LogP contribution in [-0.4, -0.2) is 56.4 Å². The van der Waals surface area contributed by atoms with Gasteiger partial charge in [0, 0.05) is 26.2 Å². The first kappa shape index (κ1) is 22.0. The molecule has 0 aliphatic carbocycles. The average molecular weight is 449 g/mol. The third-order valence-electron chi connectivity index (χ3n) is 6.30. The van der Waals surface area contributed by atoms with E-state index in [1.54, 1.807) is 26.4 Å². The summed E-state index contributed by atoms with van der Waals surface area (Å²) in [4.78, 5) is 14.5. The fourth-order valence-corrected chi connectivity index (χ4v) is 4.81. The zero-order valence-corrected chi connectivity index (χ0v) is 18.7. The van der Waals surface area contributed by atoms with Gasteiger partial charge in [0.2, 0.25) is 0 Å². The van der Waals surface area contributed by atoms with Crippen LogP contribution in [0.4, 0.5) is 0 Å². The zero-order chi connectivity index (χ0) is 21.8. The van der Waals surface area contributed by atoms with Gasteiger partial charge in [0.1, 0.15) is 0 Å². The number of benzene rings is 1. The van der Waals surface area contributed by atoms with Gasteiger partial charge >= 0.3 is 0 Å². The highest BCUT2D eigenvalue weighted by molar-refractivity contribution is 6.33. The second-order valence-corrected chi connectivity index (χ2v) is 8.58. The second kappa shape index (κ2) is 9.51. The van der Waals surface area contributed by atoms with Crippen molar-refractivity contribution in [1.82, 2.24) is 10.2 Å². The molecule has 1 aromatic heterocycles. The highest BCUT2D eigenvalue weighted by atomic mass is 35.5. The van der Waals surface area contributed by atoms with E-state index in [1.807, 2.05) is 12.1 Å². The summed E-state index contributed by atoms with van der Waals surface area (Å²) >= 11 is 6.55. The number of amides is 1. The van der Waals surface area contributed by atoms with Crippen molar-refractivity contribution in [2.45, 2.75) is 43.9 Å². The number of nitrogens with zero attached hydrogens (tertiary/aromatic N) is 1. The number of furan rings is 1. The average Bonchev–Trinajstić information content (AvgIpc) is 3.46. The van der Waals surface area contributed by atoms with E-state index in [4.69, 9.17) is 30.2 Å². The number of halogens is 1. The molecule has 31 heavy (non-hydrogen) atoms. The number of hydrogen-bond donors (Lipinski definition) is 1. The van der Waals surface area contributed by atoms with E-state index in [1.165, 1.54) is 6.26 Å². The summed E-state index contributed by atoms with van der Waals surface area (Å²) in [5, 5.41) is 3.52. The Kier molecular flexibility index (Phi) is 6.74. The molecule has 3 heterocycles. The third kappa shape index (κ3) is 4.84. The normalized spacial score (nSPS) is 20.7. The molecule has 7 nitrogen and oxygen atoms in total. The lowest BCUT2D eigenvalue weighted by Crippen LogP contribution is -2.44. The number of likely N-dealkylation sites (tertiary alicyclic amines) is 1. The number of nitrogens with one attached hydrogen (secondary N) is 1. The van der Waals surface area contributed by atoms with Crippen LogP contribution in [0.3, 0.4) is 0 Å². The van der Waals surface area contributed by atoms with Gasteiger partial charge in [-0.3, -0.25) is 9.69 Å². The molecule has 1 atom stereocenters. The lowest BCUT2D eigenvalue weighted by Gasteiger charge is -2.39. The fourth-order valence-electron chi connectivity index (χ4n) is 4.52. The van der Waals surface area contributed by atoms with E-state index in [9.17, 15) is 4.79 Å². The predicted molar refractivity (Wildman–Crippen MR) is 117 cm³/mol. The van der Waals surface area contributed by atoms with Gasteiger partial charge in [-0.05, 0) is 49.4 Å². The number of piperidine rings is 1. The van der Waals surface area contributed by atoms with Crippen molar-refractivity contribution in [2.75, 3.05) is 33.9 Å². The van der Waals surface area contributed by atoms with Crippen molar-refractivity contribution in [2.24, 2.45) is 0 Å². The standard InChI is InChI=1S/C23H29ClN2O5/c1-28-18-6-5-16(20(24)21(18)29-2)15-26-11-9-23(10-12-26)8-7-17(31-23)14-25-22(27)19-4-3-13-30-19/h3-6,13,17H,7-12,14-15H2,1-2H3,(H,25,27). The molecular formula is C23H29ClN2O5. The molecule has 2 aromatic rings. The lowest BCUT2D eigenvalue weighted by molar-refractivity contribution is -0.0764. The number of ether oxygens (including phenoxy) is 3. The maximum absolute atomic E-state index is 12.1. The minimum atomic E-state index is -0.198. The lowest BCUT2D eigenvalue weighted by atomic mass is 9.88. The molecule has 0 saturated carbocycles. The van der Waals surface area contributed by atoms with Crippen molar-refractivity contribution < 1.29 is 23.4 Å². The van der Waals surface area contributed by atoms with Crippen LogP contribution in [0.15, 0.2) is 34.9 Å². The van der Waals surface area contributed by atoms with Crippen molar-refractivity contribution in [3.05, 3.63) is 46.9 Å². The van der Waals surface area contributed by atoms with Gasteiger partial charge in [-0.25, -0.2) is 0 Å². The van der Waals surface area contributed by atoms with Crippen molar-refractivity contribution in [3.8, 4) is 11.5 Å². The number of hydrogen-bond acceptors (Lipinski definition) is 6. The van der Waals surface area contributed by atoms with E-state index < -0.39 is 0 Å². The molecule has 168 valence electrons. The molecule has 2 aliphatic heterocycles. The van der Waals surface area contributed by atoms with Gasteiger partial charge in [-0.2, -0.15) is 0 Å². The topological polar surface area (TPSA) is 73.2 Å². The summed E-state index contributed by atoms with van der Waals surface area (Å²) in [6, 6.07) is 7.26. The zero-order valence-electron chi connectivity index (χ0n) is 18.0. The Bertz CT molecular complexity index is 894. The Labute approximate surface area is 187 Å². The summed E-state index contributed by atoms with van der Waals surface area (Å²) in [6.07, 6.45) is 5.48. The summed E-state index contributed by atoms with van der Waals surface area (Å²) in [7, 11) is 3.21. The molecule has 2 aliphatic rings. The van der Waals surface area contributed by atoms with Gasteiger partial charge in [-0.15, -0.1) is 0 Å². The van der Waals surface area contributed by atoms with Gasteiger partial charge in [0.25, 0.3) is 5.91 Å². The number of methoxy groups -OCH3 is 2. The van der Waals surface area contributed by atoms with Crippen LogP contribution in [0.2, 0.25) is 5.02 Å². The van der Waals surface area contributed by atoms with Crippen LogP contribution in [-0.2, 0) is 11.3 Å². The van der Waals surface area contributed by atoms with Crippen LogP contribution in [0.1, 0.15) is 41.8 Å². The summed E-state index contributed by atoms with van der Waals surface area (Å²) < 4.78 is 22.3. The summed E-state index contributed by atoms with van der Waals surface area (Å²) in [6.45, 7) is 3.15. The van der Waals surface area contributed by atoms with E-state index in [0.29, 0.717) is 28.8 Å². The molecule has 1 aromatic carbocycles. The number of carbonyl (C=O) groups excluding carboxylic acids is 1. The smallest absolute Gasteiger partial charge is 0.287 e. The maximum atomic E-state index is 12.1. The van der Waals surface area contributed by atoms with Gasteiger partial charge in [0.15, 0.2) is 17.3 Å². The Morgan fingerprint density at radius 3 is 2.71 bits per heavy atom. The molecule has 8 heteroatoms. The highest BCUT2D eigenvalue weighted by Crippen LogP contribution is 2.41. The van der Waals surface area contributed by atoms with Crippen LogP contribution >= 0.6 is 11.6 Å². The molecule has 1 unspecified atom stereocenters. The van der Waals surface area contributed by atoms with E-state index in [2.05, 4.69) is 10.2 Å². The van der Waals surface area contributed by atoms with Crippen LogP contribution in [0.25, 0.3) is 0 Å². The largest absolute Gasteiger partial charge is 0.493 e. The van der Waals surface area contributed by atoms with Crippen LogP contribution < -0.4 is 14.8 Å². The Balaban J connectivity index is 1.28. The van der Waals surface area contributed by atoms with E-state index >= 15 is 0 Å². The van der Waals surface area contributed by atoms with Gasteiger partial charge in [0.05, 0.1) is 37.2 Å². The molecule has 0 bridgehead atoms. The maximum Gasteiger partial charge on any atom is 0.287 e. The molecule has 4 rings (SSSR count). The highest BCUT2D eigenvalue weighted by Gasteiger charge is 2.42. The van der Waals surface area contributed by atoms with E-state index in [0.717, 1.165) is 50.9 Å². The molecule has 1 amide bonds. The minimum absolute atomic E-state index is 0.0470. The monoisotopic (exact) mass is 448 g/mol. The predicted octanol–water partition coefficient (Wildman–Crippen LogP) is 3.89. The SMILES string of the molecule is COc1ccc(CN2CCC3(CCC(CNC(=O)c4ccco4)O3)CC2)c(Cl)c1OC. The number of carbonyl (C=O) groups is 1.